The summed E-state index contributed by atoms with van der Waals surface area (Å²) in [5, 5.41) is 6.49. The van der Waals surface area contributed by atoms with Gasteiger partial charge >= 0.3 is 0 Å². The van der Waals surface area contributed by atoms with E-state index in [0.717, 1.165) is 41.5 Å². The molecule has 4 heterocycles. The normalized spacial score (nSPS) is 19.1. The van der Waals surface area contributed by atoms with Crippen LogP contribution in [0.4, 0.5) is 8.78 Å². The number of piperidine rings is 2. The number of hydrogen-bond acceptors (Lipinski definition) is 5. The molecule has 0 saturated carbocycles. The van der Waals surface area contributed by atoms with E-state index in [1.807, 2.05) is 35.0 Å². The van der Waals surface area contributed by atoms with Crippen molar-refractivity contribution in [3.63, 3.8) is 0 Å². The Labute approximate surface area is 211 Å². The van der Waals surface area contributed by atoms with Crippen molar-refractivity contribution in [1.29, 1.82) is 0 Å². The third-order valence-electron chi connectivity index (χ3n) is 7.86. The number of Topliss-reactive ketones (excluding diaryl/α,β-unsaturated/α-hetero) is 1. The van der Waals surface area contributed by atoms with Crippen LogP contribution in [0.15, 0.2) is 36.7 Å². The first kappa shape index (κ1) is 25.0. The molecule has 36 heavy (non-hydrogen) atoms. The number of aromatic nitrogens is 3. The number of carbonyl (C=O) groups is 1. The Bertz CT molecular complexity index is 1210. The van der Waals surface area contributed by atoms with Gasteiger partial charge in [0.25, 0.3) is 0 Å². The molecule has 2 fully saturated rings. The molecular weight excluding hydrogens is 460 g/mol. The van der Waals surface area contributed by atoms with Crippen LogP contribution in [-0.4, -0.2) is 75.4 Å². The Morgan fingerprint density at radius 3 is 2.53 bits per heavy atom. The number of ketones is 1. The lowest BCUT2D eigenvalue weighted by Crippen LogP contribution is -2.47. The van der Waals surface area contributed by atoms with E-state index >= 15 is 4.39 Å². The van der Waals surface area contributed by atoms with Crippen LogP contribution in [0.5, 0.6) is 0 Å². The largest absolute Gasteiger partial charge is 0.300 e. The molecule has 2 aliphatic rings. The molecule has 0 spiro atoms. The smallest absolute Gasteiger partial charge is 0.175 e. The summed E-state index contributed by atoms with van der Waals surface area (Å²) in [6, 6.07) is 8.15. The molecule has 0 aliphatic carbocycles. The van der Waals surface area contributed by atoms with E-state index in [-0.39, 0.29) is 19.3 Å². The van der Waals surface area contributed by atoms with Gasteiger partial charge in [0.05, 0.1) is 18.3 Å². The SMILES string of the molecule is Cn1ncc(-c2ccc3cnc(CC(=O)C4(F)CCN(CCF)CC4)cc3c2)c1CN1CCCCC1. The summed E-state index contributed by atoms with van der Waals surface area (Å²) in [6.07, 6.45) is 7.67. The lowest BCUT2D eigenvalue weighted by atomic mass is 9.87. The first-order valence-corrected chi connectivity index (χ1v) is 13.1. The standard InChI is InChI=1S/C28H35F2N5O/c1-33-26(20-35-10-3-2-4-11-35)25(19-32-33)21-5-6-22-18-31-24(16-23(22)15-21)17-27(36)28(30)7-12-34(13-8-28)14-9-29/h5-6,15-16,18-19H,2-4,7-14,17,20H2,1H3. The van der Waals surface area contributed by atoms with Crippen molar-refractivity contribution in [3.8, 4) is 11.1 Å². The van der Waals surface area contributed by atoms with E-state index in [9.17, 15) is 9.18 Å². The first-order valence-electron chi connectivity index (χ1n) is 13.1. The molecule has 2 aliphatic heterocycles. The molecule has 5 rings (SSSR count). The van der Waals surface area contributed by atoms with Gasteiger partial charge in [0, 0.05) is 68.9 Å². The van der Waals surface area contributed by atoms with Crippen LogP contribution >= 0.6 is 0 Å². The van der Waals surface area contributed by atoms with Gasteiger partial charge in [-0.25, -0.2) is 8.78 Å². The van der Waals surface area contributed by atoms with Gasteiger partial charge in [-0.15, -0.1) is 0 Å². The van der Waals surface area contributed by atoms with Crippen molar-refractivity contribution < 1.29 is 13.6 Å². The number of fused-ring (bicyclic) bond motifs is 1. The Morgan fingerprint density at radius 1 is 1.00 bits per heavy atom. The van der Waals surface area contributed by atoms with Crippen LogP contribution in [0.1, 0.15) is 43.5 Å². The van der Waals surface area contributed by atoms with Gasteiger partial charge < -0.3 is 4.90 Å². The van der Waals surface area contributed by atoms with E-state index in [4.69, 9.17) is 0 Å². The third-order valence-corrected chi connectivity index (χ3v) is 7.86. The Hall–Kier alpha value is -2.71. The number of likely N-dealkylation sites (tertiary alicyclic amines) is 2. The van der Waals surface area contributed by atoms with Gasteiger partial charge in [0.1, 0.15) is 6.67 Å². The lowest BCUT2D eigenvalue weighted by Gasteiger charge is -2.34. The van der Waals surface area contributed by atoms with Crippen molar-refractivity contribution in [2.75, 3.05) is 39.4 Å². The predicted molar refractivity (Wildman–Crippen MR) is 137 cm³/mol. The first-order chi connectivity index (χ1) is 17.4. The average Bonchev–Trinajstić information content (AvgIpc) is 3.25. The van der Waals surface area contributed by atoms with Crippen molar-refractivity contribution >= 4 is 16.6 Å². The average molecular weight is 496 g/mol. The number of alkyl halides is 2. The molecule has 3 aromatic rings. The van der Waals surface area contributed by atoms with Gasteiger partial charge in [0.2, 0.25) is 0 Å². The summed E-state index contributed by atoms with van der Waals surface area (Å²) in [6.45, 7) is 3.79. The molecule has 0 unspecified atom stereocenters. The number of aryl methyl sites for hydroxylation is 1. The van der Waals surface area contributed by atoms with E-state index in [2.05, 4.69) is 27.1 Å². The summed E-state index contributed by atoms with van der Waals surface area (Å²) in [5.41, 5.74) is 2.10. The summed E-state index contributed by atoms with van der Waals surface area (Å²) in [7, 11) is 1.99. The Balaban J connectivity index is 1.34. The van der Waals surface area contributed by atoms with Crippen LogP contribution < -0.4 is 0 Å². The second-order valence-electron chi connectivity index (χ2n) is 10.3. The number of rotatable bonds is 8. The molecule has 192 valence electrons. The topological polar surface area (TPSA) is 54.3 Å². The van der Waals surface area contributed by atoms with Gasteiger partial charge in [0.15, 0.2) is 11.5 Å². The molecule has 8 heteroatoms. The number of hydrogen-bond donors (Lipinski definition) is 0. The van der Waals surface area contributed by atoms with Crippen LogP contribution in [0, 0.1) is 0 Å². The summed E-state index contributed by atoms with van der Waals surface area (Å²) in [5.74, 6) is -0.429. The van der Waals surface area contributed by atoms with Gasteiger partial charge in [-0.05, 0) is 49.0 Å². The van der Waals surface area contributed by atoms with Gasteiger partial charge in [-0.1, -0.05) is 18.6 Å². The molecule has 0 amide bonds. The number of benzene rings is 1. The van der Waals surface area contributed by atoms with E-state index in [0.29, 0.717) is 25.3 Å². The van der Waals surface area contributed by atoms with E-state index in [1.165, 1.54) is 25.0 Å². The maximum atomic E-state index is 15.4. The van der Waals surface area contributed by atoms with E-state index < -0.39 is 18.1 Å². The quantitative estimate of drug-likeness (QED) is 0.460. The zero-order valence-corrected chi connectivity index (χ0v) is 21.1. The number of nitrogens with zero attached hydrogens (tertiary/aromatic N) is 5. The predicted octanol–water partition coefficient (Wildman–Crippen LogP) is 4.51. The highest BCUT2D eigenvalue weighted by molar-refractivity contribution is 5.91. The zero-order valence-electron chi connectivity index (χ0n) is 21.1. The minimum atomic E-state index is -1.86. The van der Waals surface area contributed by atoms with Crippen molar-refractivity contribution in [2.45, 2.75) is 50.7 Å². The maximum Gasteiger partial charge on any atom is 0.175 e. The van der Waals surface area contributed by atoms with Gasteiger partial charge in [-0.3, -0.25) is 19.4 Å². The molecular formula is C28H35F2N5O. The third kappa shape index (κ3) is 5.34. The maximum absolute atomic E-state index is 15.4. The van der Waals surface area contributed by atoms with E-state index in [1.54, 1.807) is 6.20 Å². The fraction of sp³-hybridized carbons (Fsp3) is 0.536. The minimum absolute atomic E-state index is 0.0348. The van der Waals surface area contributed by atoms with Crippen LogP contribution in [0.2, 0.25) is 0 Å². The number of pyridine rings is 1. The minimum Gasteiger partial charge on any atom is -0.300 e. The number of carbonyl (C=O) groups excluding carboxylic acids is 1. The highest BCUT2D eigenvalue weighted by atomic mass is 19.1. The lowest BCUT2D eigenvalue weighted by molar-refractivity contribution is -0.133. The zero-order chi connectivity index (χ0) is 25.1. The summed E-state index contributed by atoms with van der Waals surface area (Å²) in [4.78, 5) is 21.7. The molecule has 0 atom stereocenters. The summed E-state index contributed by atoms with van der Waals surface area (Å²) >= 11 is 0. The molecule has 1 aromatic carbocycles. The highest BCUT2D eigenvalue weighted by Crippen LogP contribution is 2.31. The van der Waals surface area contributed by atoms with Crippen molar-refractivity contribution in [1.82, 2.24) is 24.6 Å². The molecule has 0 N–H and O–H groups in total. The summed E-state index contributed by atoms with van der Waals surface area (Å²) < 4.78 is 29.9. The number of halogens is 2. The molecule has 0 bridgehead atoms. The second kappa shape index (κ2) is 10.7. The molecule has 0 radical (unpaired) electrons. The fourth-order valence-corrected chi connectivity index (χ4v) is 5.52. The molecule has 2 saturated heterocycles. The van der Waals surface area contributed by atoms with Gasteiger partial charge in [-0.2, -0.15) is 5.10 Å². The Morgan fingerprint density at radius 2 is 1.78 bits per heavy atom. The van der Waals surface area contributed by atoms with Crippen LogP contribution in [0.25, 0.3) is 21.9 Å². The highest BCUT2D eigenvalue weighted by Gasteiger charge is 2.41. The van der Waals surface area contributed by atoms with Crippen LogP contribution in [-0.2, 0) is 24.8 Å². The second-order valence-corrected chi connectivity index (χ2v) is 10.3. The molecule has 6 nitrogen and oxygen atoms in total. The van der Waals surface area contributed by atoms with Crippen molar-refractivity contribution in [2.24, 2.45) is 7.05 Å². The monoisotopic (exact) mass is 495 g/mol. The fourth-order valence-electron chi connectivity index (χ4n) is 5.52. The van der Waals surface area contributed by atoms with Crippen LogP contribution in [0.3, 0.4) is 0 Å². The van der Waals surface area contributed by atoms with Crippen molar-refractivity contribution in [3.05, 3.63) is 48.0 Å². The Kier molecular flexibility index (Phi) is 7.44. The molecule has 2 aromatic heterocycles.